The maximum Gasteiger partial charge on any atom is 0.136 e. The van der Waals surface area contributed by atoms with E-state index in [1.54, 1.807) is 0 Å². The fourth-order valence-electron chi connectivity index (χ4n) is 2.21. The van der Waals surface area contributed by atoms with E-state index < -0.39 is 0 Å². The Balaban J connectivity index is 1.92. The summed E-state index contributed by atoms with van der Waals surface area (Å²) in [4.78, 5) is 11.1. The molecule has 2 heteroatoms. The van der Waals surface area contributed by atoms with E-state index in [1.165, 1.54) is 12.2 Å². The minimum atomic E-state index is 0.507. The molecule has 0 spiro atoms. The van der Waals surface area contributed by atoms with Gasteiger partial charge in [0, 0.05) is 12.3 Å². The number of Topliss-reactive ketones (excluding diaryl/α,β-unsaturated/α-hetero) is 1. The molecule has 0 radical (unpaired) electrons. The highest BCUT2D eigenvalue weighted by atomic mass is 32.2. The number of thioether (sulfide) groups is 1. The number of carbonyl (C=O) groups excluding carboxylic acids is 1. The van der Waals surface area contributed by atoms with Crippen LogP contribution in [0.15, 0.2) is 0 Å². The molecule has 0 amide bonds. The van der Waals surface area contributed by atoms with Crippen LogP contribution in [0.5, 0.6) is 0 Å². The van der Waals surface area contributed by atoms with Crippen molar-refractivity contribution in [3.05, 3.63) is 0 Å². The fourth-order valence-corrected chi connectivity index (χ4v) is 3.05. The lowest BCUT2D eigenvalue weighted by molar-refractivity contribution is -0.119. The van der Waals surface area contributed by atoms with E-state index in [1.807, 2.05) is 11.8 Å². The van der Waals surface area contributed by atoms with E-state index in [0.29, 0.717) is 11.7 Å². The van der Waals surface area contributed by atoms with Crippen molar-refractivity contribution in [2.75, 3.05) is 12.0 Å². The van der Waals surface area contributed by atoms with Gasteiger partial charge in [-0.1, -0.05) is 0 Å². The molecule has 10 heavy (non-hydrogen) atoms. The fraction of sp³-hybridized carbons (Fsp3) is 0.875. The first-order valence-electron chi connectivity index (χ1n) is 3.86. The van der Waals surface area contributed by atoms with Gasteiger partial charge in [-0.15, -0.1) is 0 Å². The van der Waals surface area contributed by atoms with Crippen LogP contribution in [0, 0.1) is 17.8 Å². The molecule has 0 aliphatic heterocycles. The van der Waals surface area contributed by atoms with E-state index in [4.69, 9.17) is 0 Å². The standard InChI is InChI=1S/C8H12OS/c1-10-4-6-5-2-3-7(9)8(5)6/h5-6,8H,2-4H2,1H3/t5-,6-,8-/m0/s1. The Morgan fingerprint density at radius 2 is 2.50 bits per heavy atom. The maximum atomic E-state index is 11.1. The third-order valence-corrected chi connectivity index (χ3v) is 3.50. The normalized spacial score (nSPS) is 43.7. The molecule has 2 rings (SSSR count). The molecule has 0 saturated heterocycles. The Morgan fingerprint density at radius 1 is 1.70 bits per heavy atom. The van der Waals surface area contributed by atoms with Crippen LogP contribution in [0.4, 0.5) is 0 Å². The van der Waals surface area contributed by atoms with Crippen molar-refractivity contribution in [2.45, 2.75) is 12.8 Å². The van der Waals surface area contributed by atoms with Gasteiger partial charge in [0.15, 0.2) is 0 Å². The van der Waals surface area contributed by atoms with Crippen LogP contribution in [-0.4, -0.2) is 17.8 Å². The first-order valence-corrected chi connectivity index (χ1v) is 5.25. The molecule has 2 aliphatic rings. The molecule has 2 fully saturated rings. The smallest absolute Gasteiger partial charge is 0.136 e. The van der Waals surface area contributed by atoms with Crippen LogP contribution in [0.25, 0.3) is 0 Å². The van der Waals surface area contributed by atoms with Crippen molar-refractivity contribution in [1.82, 2.24) is 0 Å². The molecule has 0 aromatic heterocycles. The van der Waals surface area contributed by atoms with Gasteiger partial charge in [-0.3, -0.25) is 4.79 Å². The molecule has 0 N–H and O–H groups in total. The predicted molar refractivity (Wildman–Crippen MR) is 43.1 cm³/mol. The molecule has 56 valence electrons. The van der Waals surface area contributed by atoms with E-state index in [2.05, 4.69) is 6.26 Å². The number of rotatable bonds is 2. The number of carbonyl (C=O) groups is 1. The molecule has 2 aliphatic carbocycles. The topological polar surface area (TPSA) is 17.1 Å². The van der Waals surface area contributed by atoms with Gasteiger partial charge in [0.05, 0.1) is 0 Å². The summed E-state index contributed by atoms with van der Waals surface area (Å²) in [6.45, 7) is 0. The number of hydrogen-bond acceptors (Lipinski definition) is 2. The quantitative estimate of drug-likeness (QED) is 0.603. The van der Waals surface area contributed by atoms with Crippen LogP contribution in [0.1, 0.15) is 12.8 Å². The zero-order chi connectivity index (χ0) is 7.14. The molecule has 1 nitrogen and oxygen atoms in total. The lowest BCUT2D eigenvalue weighted by Crippen LogP contribution is -2.00. The Hall–Kier alpha value is 0.0200. The van der Waals surface area contributed by atoms with Gasteiger partial charge < -0.3 is 0 Å². The maximum absolute atomic E-state index is 11.1. The zero-order valence-electron chi connectivity index (χ0n) is 6.17. The Kier molecular flexibility index (Phi) is 1.52. The molecule has 0 bridgehead atoms. The van der Waals surface area contributed by atoms with E-state index >= 15 is 0 Å². The third-order valence-electron chi connectivity index (χ3n) is 2.79. The van der Waals surface area contributed by atoms with Crippen molar-refractivity contribution in [3.8, 4) is 0 Å². The summed E-state index contributed by atoms with van der Waals surface area (Å²) >= 11 is 1.88. The van der Waals surface area contributed by atoms with Crippen molar-refractivity contribution in [3.63, 3.8) is 0 Å². The summed E-state index contributed by atoms with van der Waals surface area (Å²) in [5.41, 5.74) is 0. The van der Waals surface area contributed by atoms with Crippen LogP contribution in [0.2, 0.25) is 0 Å². The van der Waals surface area contributed by atoms with Crippen molar-refractivity contribution >= 4 is 17.5 Å². The second-order valence-electron chi connectivity index (χ2n) is 3.31. The Morgan fingerprint density at radius 3 is 3.00 bits per heavy atom. The summed E-state index contributed by atoms with van der Waals surface area (Å²) in [6, 6.07) is 0. The summed E-state index contributed by atoms with van der Waals surface area (Å²) in [6.07, 6.45) is 4.19. The van der Waals surface area contributed by atoms with Gasteiger partial charge in [0.25, 0.3) is 0 Å². The summed E-state index contributed by atoms with van der Waals surface area (Å²) in [7, 11) is 0. The van der Waals surface area contributed by atoms with Crippen molar-refractivity contribution < 1.29 is 4.79 Å². The number of hydrogen-bond donors (Lipinski definition) is 0. The molecule has 0 heterocycles. The molecule has 3 atom stereocenters. The molecule has 0 aromatic rings. The van der Waals surface area contributed by atoms with Crippen LogP contribution >= 0.6 is 11.8 Å². The largest absolute Gasteiger partial charge is 0.299 e. The van der Waals surface area contributed by atoms with E-state index in [9.17, 15) is 4.79 Å². The SMILES string of the molecule is CSC[C@H]1[C@@H]2CCC(=O)[C@@H]21. The highest BCUT2D eigenvalue weighted by molar-refractivity contribution is 7.98. The van der Waals surface area contributed by atoms with Crippen LogP contribution in [0.3, 0.4) is 0 Å². The first kappa shape index (κ1) is 6.71. The van der Waals surface area contributed by atoms with E-state index in [0.717, 1.165) is 18.3 Å². The predicted octanol–water partition coefficient (Wildman–Crippen LogP) is 1.57. The van der Waals surface area contributed by atoms with Crippen LogP contribution < -0.4 is 0 Å². The minimum absolute atomic E-state index is 0.507. The average molecular weight is 156 g/mol. The summed E-state index contributed by atoms with van der Waals surface area (Å²) < 4.78 is 0. The minimum Gasteiger partial charge on any atom is -0.299 e. The lowest BCUT2D eigenvalue weighted by Gasteiger charge is -1.97. The lowest BCUT2D eigenvalue weighted by atomic mass is 10.1. The molecule has 2 saturated carbocycles. The van der Waals surface area contributed by atoms with Gasteiger partial charge in [-0.2, -0.15) is 11.8 Å². The highest BCUT2D eigenvalue weighted by Gasteiger charge is 2.56. The van der Waals surface area contributed by atoms with Crippen LogP contribution in [-0.2, 0) is 4.79 Å². The van der Waals surface area contributed by atoms with Gasteiger partial charge in [-0.05, 0) is 30.3 Å². The molecular formula is C8H12OS. The first-order chi connectivity index (χ1) is 4.84. The van der Waals surface area contributed by atoms with Gasteiger partial charge in [0.1, 0.15) is 5.78 Å². The van der Waals surface area contributed by atoms with Gasteiger partial charge >= 0.3 is 0 Å². The van der Waals surface area contributed by atoms with Gasteiger partial charge in [0.2, 0.25) is 0 Å². The van der Waals surface area contributed by atoms with Crippen molar-refractivity contribution in [1.29, 1.82) is 0 Å². The van der Waals surface area contributed by atoms with E-state index in [-0.39, 0.29) is 0 Å². The monoisotopic (exact) mass is 156 g/mol. The Labute approximate surface area is 65.6 Å². The summed E-state index contributed by atoms with van der Waals surface area (Å²) in [5, 5.41) is 0. The molecular weight excluding hydrogens is 144 g/mol. The highest BCUT2D eigenvalue weighted by Crippen LogP contribution is 2.56. The Bertz CT molecular complexity index is 167. The zero-order valence-corrected chi connectivity index (χ0v) is 6.99. The average Bonchev–Trinajstić information content (AvgIpc) is 2.45. The number of ketones is 1. The van der Waals surface area contributed by atoms with Gasteiger partial charge in [-0.25, -0.2) is 0 Å². The third kappa shape index (κ3) is 0.815. The van der Waals surface area contributed by atoms with Crippen molar-refractivity contribution in [2.24, 2.45) is 17.8 Å². The second kappa shape index (κ2) is 2.26. The molecule has 0 unspecified atom stereocenters. The summed E-state index contributed by atoms with van der Waals surface area (Å²) in [5.74, 6) is 3.84. The number of fused-ring (bicyclic) bond motifs is 1. The second-order valence-corrected chi connectivity index (χ2v) is 4.22. The molecule has 0 aromatic carbocycles.